The van der Waals surface area contributed by atoms with E-state index in [1.165, 1.54) is 0 Å². The lowest BCUT2D eigenvalue weighted by Crippen LogP contribution is -2.27. The number of hydrazine groups is 1. The van der Waals surface area contributed by atoms with Crippen molar-refractivity contribution < 1.29 is 27.5 Å². The van der Waals surface area contributed by atoms with E-state index in [4.69, 9.17) is 0 Å². The minimum atomic E-state index is -4.38. The van der Waals surface area contributed by atoms with Crippen LogP contribution in [-0.4, -0.2) is 25.4 Å². The number of nitrogens with one attached hydrogen (secondary N) is 1. The lowest BCUT2D eigenvalue weighted by atomic mass is 10.5. The maximum atomic E-state index is 11.5. The first-order valence-electron chi connectivity index (χ1n) is 3.25. The second kappa shape index (κ2) is 5.73. The topological polar surface area (TPSA) is 73.6 Å². The third-order valence-corrected chi connectivity index (χ3v) is 0.889. The highest BCUT2D eigenvalue weighted by Gasteiger charge is 2.27. The summed E-state index contributed by atoms with van der Waals surface area (Å²) in [6, 6.07) is 0. The first-order chi connectivity index (χ1) is 5.95. The molecule has 0 aliphatic carbocycles. The summed E-state index contributed by atoms with van der Waals surface area (Å²) in [7, 11) is 0. The summed E-state index contributed by atoms with van der Waals surface area (Å²) in [5.41, 5.74) is 1.60. The molecule has 3 N–H and O–H groups in total. The third-order valence-electron chi connectivity index (χ3n) is 0.889. The van der Waals surface area contributed by atoms with E-state index in [-0.39, 0.29) is 13.0 Å². The van der Waals surface area contributed by atoms with E-state index < -0.39 is 18.8 Å². The van der Waals surface area contributed by atoms with E-state index in [1.807, 2.05) is 0 Å². The van der Waals surface area contributed by atoms with Crippen molar-refractivity contribution in [3.63, 3.8) is 0 Å². The van der Waals surface area contributed by atoms with Gasteiger partial charge >= 0.3 is 12.1 Å². The molecule has 0 aromatic rings. The highest BCUT2D eigenvalue weighted by Crippen LogP contribution is 2.14. The Balaban J connectivity index is 3.31. The molecule has 0 atom stereocenters. The molecule has 0 amide bonds. The van der Waals surface area contributed by atoms with Crippen molar-refractivity contribution in [3.05, 3.63) is 0 Å². The quantitative estimate of drug-likeness (QED) is 0.369. The molecule has 0 rings (SSSR count). The first kappa shape index (κ1) is 12.1. The van der Waals surface area contributed by atoms with E-state index in [9.17, 15) is 18.0 Å². The molecule has 8 heteroatoms. The Morgan fingerprint density at radius 3 is 2.54 bits per heavy atom. The Bertz CT molecular complexity index is 162. The number of halogens is 3. The van der Waals surface area contributed by atoms with Gasteiger partial charge in [0.25, 0.3) is 0 Å². The average molecular weight is 202 g/mol. The molecule has 0 spiro atoms. The summed E-state index contributed by atoms with van der Waals surface area (Å²) in [4.78, 5) is 14.4. The van der Waals surface area contributed by atoms with Crippen LogP contribution in [0.5, 0.6) is 0 Å². The van der Waals surface area contributed by atoms with Gasteiger partial charge in [0.05, 0.1) is 13.0 Å². The molecule has 0 fully saturated rings. The maximum Gasteiger partial charge on any atom is 0.411 e. The summed E-state index contributed by atoms with van der Waals surface area (Å²) in [6.07, 6.45) is -4.67. The van der Waals surface area contributed by atoms with Gasteiger partial charge < -0.3 is 9.57 Å². The van der Waals surface area contributed by atoms with Crippen LogP contribution < -0.4 is 11.4 Å². The molecule has 0 unspecified atom stereocenters. The largest absolute Gasteiger partial charge is 0.411 e. The van der Waals surface area contributed by atoms with Gasteiger partial charge in [0.1, 0.15) is 6.61 Å². The molecule has 0 saturated heterocycles. The van der Waals surface area contributed by atoms with Crippen molar-refractivity contribution in [2.45, 2.75) is 12.6 Å². The Kier molecular flexibility index (Phi) is 5.35. The zero-order chi connectivity index (χ0) is 10.3. The molecule has 0 radical (unpaired) electrons. The zero-order valence-electron chi connectivity index (χ0n) is 6.56. The van der Waals surface area contributed by atoms with E-state index in [0.29, 0.717) is 0 Å². The van der Waals surface area contributed by atoms with Crippen LogP contribution in [-0.2, 0) is 14.4 Å². The minimum Gasteiger partial charge on any atom is -0.371 e. The maximum absolute atomic E-state index is 11.5. The Labute approximate surface area is 71.9 Å². The SMILES string of the molecule is NNOC(=O)CCOCC(F)(F)F. The fourth-order valence-electron chi connectivity index (χ4n) is 0.460. The summed E-state index contributed by atoms with van der Waals surface area (Å²) >= 11 is 0. The van der Waals surface area contributed by atoms with Crippen molar-refractivity contribution >= 4 is 5.97 Å². The Morgan fingerprint density at radius 2 is 2.08 bits per heavy atom. The summed E-state index contributed by atoms with van der Waals surface area (Å²) in [5.74, 6) is 3.80. The first-order valence-corrected chi connectivity index (χ1v) is 3.25. The van der Waals surface area contributed by atoms with Gasteiger partial charge in [-0.2, -0.15) is 13.2 Å². The number of ether oxygens (including phenoxy) is 1. The van der Waals surface area contributed by atoms with E-state index in [0.717, 1.165) is 0 Å². The highest BCUT2D eigenvalue weighted by atomic mass is 19.4. The Hall–Kier alpha value is -0.860. The predicted molar refractivity (Wildman–Crippen MR) is 34.9 cm³/mol. The van der Waals surface area contributed by atoms with E-state index in [2.05, 4.69) is 15.4 Å². The van der Waals surface area contributed by atoms with Gasteiger partial charge in [0.15, 0.2) is 0 Å². The summed E-state index contributed by atoms with van der Waals surface area (Å²) in [6.45, 7) is -1.74. The van der Waals surface area contributed by atoms with Gasteiger partial charge in [-0.25, -0.2) is 5.84 Å². The molecule has 0 aromatic carbocycles. The number of alkyl halides is 3. The van der Waals surface area contributed by atoms with Crippen LogP contribution in [0.3, 0.4) is 0 Å². The van der Waals surface area contributed by atoms with Gasteiger partial charge in [-0.15, -0.1) is 0 Å². The van der Waals surface area contributed by atoms with Crippen molar-refractivity contribution in [2.24, 2.45) is 5.84 Å². The minimum absolute atomic E-state index is 0.291. The van der Waals surface area contributed by atoms with Crippen LogP contribution in [0.2, 0.25) is 0 Å². The fraction of sp³-hybridized carbons (Fsp3) is 0.800. The van der Waals surface area contributed by atoms with Crippen molar-refractivity contribution in [1.82, 2.24) is 5.59 Å². The zero-order valence-corrected chi connectivity index (χ0v) is 6.56. The number of hydrogen-bond donors (Lipinski definition) is 2. The number of carbonyl (C=O) groups excluding carboxylic acids is 1. The fourth-order valence-corrected chi connectivity index (χ4v) is 0.460. The van der Waals surface area contributed by atoms with E-state index >= 15 is 0 Å². The molecule has 0 saturated carbocycles. The Morgan fingerprint density at radius 1 is 1.46 bits per heavy atom. The predicted octanol–water partition coefficient (Wildman–Crippen LogP) is -0.123. The van der Waals surface area contributed by atoms with Crippen LogP contribution in [0.15, 0.2) is 0 Å². The summed E-state index contributed by atoms with van der Waals surface area (Å²) < 4.78 is 38.5. The standard InChI is InChI=1S/C5H9F3N2O3/c6-5(7,8)3-12-2-1-4(11)13-10-9/h10H,1-3,9H2. The lowest BCUT2D eigenvalue weighted by molar-refractivity contribution is -0.177. The van der Waals surface area contributed by atoms with Crippen LogP contribution in [0.25, 0.3) is 0 Å². The molecule has 0 bridgehead atoms. The molecule has 13 heavy (non-hydrogen) atoms. The molecule has 5 nitrogen and oxygen atoms in total. The third kappa shape index (κ3) is 9.05. The molecule has 78 valence electrons. The van der Waals surface area contributed by atoms with Crippen LogP contribution in [0.1, 0.15) is 6.42 Å². The summed E-state index contributed by atoms with van der Waals surface area (Å²) in [5, 5.41) is 0. The molecular formula is C5H9F3N2O3. The van der Waals surface area contributed by atoms with Gasteiger partial charge in [-0.05, 0) is 0 Å². The van der Waals surface area contributed by atoms with Gasteiger partial charge in [-0.3, -0.25) is 4.79 Å². The number of hydrogen-bond acceptors (Lipinski definition) is 5. The van der Waals surface area contributed by atoms with Crippen LogP contribution in [0, 0.1) is 0 Å². The van der Waals surface area contributed by atoms with Gasteiger partial charge in [-0.1, -0.05) is 5.59 Å². The second-order valence-electron chi connectivity index (χ2n) is 2.01. The molecule has 0 aliphatic rings. The number of carbonyl (C=O) groups is 1. The molecular weight excluding hydrogens is 193 g/mol. The van der Waals surface area contributed by atoms with Crippen LogP contribution >= 0.6 is 0 Å². The van der Waals surface area contributed by atoms with Crippen molar-refractivity contribution in [3.8, 4) is 0 Å². The number of nitrogens with two attached hydrogens (primary N) is 1. The number of rotatable bonds is 5. The van der Waals surface area contributed by atoms with Crippen molar-refractivity contribution in [2.75, 3.05) is 13.2 Å². The van der Waals surface area contributed by atoms with E-state index in [1.54, 1.807) is 5.59 Å². The second-order valence-corrected chi connectivity index (χ2v) is 2.01. The molecule has 0 aliphatic heterocycles. The van der Waals surface area contributed by atoms with Crippen molar-refractivity contribution in [1.29, 1.82) is 0 Å². The monoisotopic (exact) mass is 202 g/mol. The molecule has 0 aromatic heterocycles. The normalized spacial score (nSPS) is 11.4. The van der Waals surface area contributed by atoms with Crippen LogP contribution in [0.4, 0.5) is 13.2 Å². The smallest absolute Gasteiger partial charge is 0.371 e. The average Bonchev–Trinajstić information content (AvgIpc) is 1.97. The lowest BCUT2D eigenvalue weighted by Gasteiger charge is -2.06. The molecule has 0 heterocycles. The van der Waals surface area contributed by atoms with Gasteiger partial charge in [0, 0.05) is 0 Å². The van der Waals surface area contributed by atoms with Gasteiger partial charge in [0.2, 0.25) is 0 Å². The highest BCUT2D eigenvalue weighted by molar-refractivity contribution is 5.69.